The molecule has 2 aromatic carbocycles. The Morgan fingerprint density at radius 1 is 1.14 bits per heavy atom. The Bertz CT molecular complexity index is 1100. The molecule has 7 nitrogen and oxygen atoms in total. The maximum absolute atomic E-state index is 12.9. The first-order valence-electron chi connectivity index (χ1n) is 8.95. The molecule has 0 radical (unpaired) electrons. The maximum Gasteiger partial charge on any atom is 0.261 e. The number of hydrogen-bond acceptors (Lipinski definition) is 4. The molecule has 0 atom stereocenters. The molecule has 0 aliphatic heterocycles. The molecule has 1 saturated carbocycles. The summed E-state index contributed by atoms with van der Waals surface area (Å²) in [5, 5.41) is 2.92. The molecule has 1 heterocycles. The number of rotatable bonds is 6. The van der Waals surface area contributed by atoms with Crippen molar-refractivity contribution in [1.29, 1.82) is 0 Å². The zero-order valence-electron chi connectivity index (χ0n) is 15.3. The van der Waals surface area contributed by atoms with Crippen LogP contribution in [0.15, 0.2) is 66.1 Å². The first-order chi connectivity index (χ1) is 13.4. The number of hydrogen-bond donors (Lipinski definition) is 2. The van der Waals surface area contributed by atoms with Crippen LogP contribution in [-0.4, -0.2) is 29.9 Å². The Balaban J connectivity index is 1.71. The standard InChI is InChI=1S/C20H20N4O3S/c1-14-2-7-17(8-3-14)28(26,27)23-18-12-15(20(25)22-16-5-6-16)4-9-19(18)24-11-10-21-13-24/h2-4,7-13,16,23H,5-6H2,1H3,(H,22,25). The minimum Gasteiger partial charge on any atom is -0.349 e. The van der Waals surface area contributed by atoms with E-state index in [9.17, 15) is 13.2 Å². The van der Waals surface area contributed by atoms with Crippen LogP contribution in [0.2, 0.25) is 0 Å². The highest BCUT2D eigenvalue weighted by molar-refractivity contribution is 7.92. The van der Waals surface area contributed by atoms with Crippen LogP contribution in [0.3, 0.4) is 0 Å². The number of carbonyl (C=O) groups is 1. The summed E-state index contributed by atoms with van der Waals surface area (Å²) in [4.78, 5) is 16.6. The highest BCUT2D eigenvalue weighted by Gasteiger charge is 2.24. The summed E-state index contributed by atoms with van der Waals surface area (Å²) in [7, 11) is -3.81. The predicted octanol–water partition coefficient (Wildman–Crippen LogP) is 2.87. The van der Waals surface area contributed by atoms with Gasteiger partial charge in [0.2, 0.25) is 0 Å². The number of imidazole rings is 1. The number of carbonyl (C=O) groups excluding carboxylic acids is 1. The minimum absolute atomic E-state index is 0.155. The van der Waals surface area contributed by atoms with Gasteiger partial charge in [-0.05, 0) is 50.1 Å². The maximum atomic E-state index is 12.9. The first kappa shape index (κ1) is 18.2. The van der Waals surface area contributed by atoms with Crippen molar-refractivity contribution in [2.24, 2.45) is 0 Å². The lowest BCUT2D eigenvalue weighted by molar-refractivity contribution is 0.0951. The Hall–Kier alpha value is -3.13. The molecule has 1 aliphatic rings. The van der Waals surface area contributed by atoms with Crippen molar-refractivity contribution in [2.45, 2.75) is 30.7 Å². The monoisotopic (exact) mass is 396 g/mol. The molecule has 28 heavy (non-hydrogen) atoms. The lowest BCUT2D eigenvalue weighted by Crippen LogP contribution is -2.25. The average molecular weight is 396 g/mol. The molecule has 1 fully saturated rings. The number of aromatic nitrogens is 2. The van der Waals surface area contributed by atoms with Crippen LogP contribution in [0.4, 0.5) is 5.69 Å². The van der Waals surface area contributed by atoms with E-state index in [0.29, 0.717) is 16.9 Å². The van der Waals surface area contributed by atoms with Crippen LogP contribution in [0.5, 0.6) is 0 Å². The summed E-state index contributed by atoms with van der Waals surface area (Å²) in [5.41, 5.74) is 2.26. The minimum atomic E-state index is -3.81. The lowest BCUT2D eigenvalue weighted by atomic mass is 10.1. The van der Waals surface area contributed by atoms with Gasteiger partial charge in [0.15, 0.2) is 0 Å². The summed E-state index contributed by atoms with van der Waals surface area (Å²) in [6.07, 6.45) is 6.84. The van der Waals surface area contributed by atoms with Crippen LogP contribution in [0.1, 0.15) is 28.8 Å². The molecule has 4 rings (SSSR count). The zero-order valence-corrected chi connectivity index (χ0v) is 16.1. The molecule has 1 amide bonds. The van der Waals surface area contributed by atoms with Gasteiger partial charge in [0, 0.05) is 24.0 Å². The molecule has 3 aromatic rings. The van der Waals surface area contributed by atoms with Crippen LogP contribution >= 0.6 is 0 Å². The second-order valence-corrected chi connectivity index (χ2v) is 8.55. The summed E-state index contributed by atoms with van der Waals surface area (Å²) in [5.74, 6) is -0.213. The van der Waals surface area contributed by atoms with E-state index in [4.69, 9.17) is 0 Å². The molecule has 0 unspecified atom stereocenters. The number of amides is 1. The van der Waals surface area contributed by atoms with E-state index in [-0.39, 0.29) is 16.8 Å². The molecular formula is C20H20N4O3S. The number of anilines is 1. The van der Waals surface area contributed by atoms with E-state index >= 15 is 0 Å². The molecular weight excluding hydrogens is 376 g/mol. The molecule has 2 N–H and O–H groups in total. The third kappa shape index (κ3) is 3.91. The van der Waals surface area contributed by atoms with Gasteiger partial charge in [-0.1, -0.05) is 17.7 Å². The fourth-order valence-electron chi connectivity index (χ4n) is 2.80. The molecule has 0 bridgehead atoms. The third-order valence-electron chi connectivity index (χ3n) is 4.53. The van der Waals surface area contributed by atoms with Crippen molar-refractivity contribution in [1.82, 2.24) is 14.9 Å². The largest absolute Gasteiger partial charge is 0.349 e. The quantitative estimate of drug-likeness (QED) is 0.670. The van der Waals surface area contributed by atoms with Gasteiger partial charge in [-0.2, -0.15) is 0 Å². The number of aryl methyl sites for hydroxylation is 1. The Morgan fingerprint density at radius 2 is 1.89 bits per heavy atom. The van der Waals surface area contributed by atoms with Gasteiger partial charge in [-0.25, -0.2) is 13.4 Å². The highest BCUT2D eigenvalue weighted by atomic mass is 32.2. The van der Waals surface area contributed by atoms with Crippen LogP contribution < -0.4 is 10.0 Å². The van der Waals surface area contributed by atoms with Gasteiger partial charge in [0.1, 0.15) is 0 Å². The first-order valence-corrected chi connectivity index (χ1v) is 10.4. The fourth-order valence-corrected chi connectivity index (χ4v) is 3.87. The molecule has 0 saturated heterocycles. The second-order valence-electron chi connectivity index (χ2n) is 6.87. The van der Waals surface area contributed by atoms with E-state index in [1.807, 2.05) is 6.92 Å². The number of benzene rings is 2. The van der Waals surface area contributed by atoms with Crippen LogP contribution in [-0.2, 0) is 10.0 Å². The molecule has 144 valence electrons. The fraction of sp³-hybridized carbons (Fsp3) is 0.200. The lowest BCUT2D eigenvalue weighted by Gasteiger charge is -2.15. The van der Waals surface area contributed by atoms with E-state index in [1.54, 1.807) is 65.8 Å². The van der Waals surface area contributed by atoms with E-state index < -0.39 is 10.0 Å². The van der Waals surface area contributed by atoms with Gasteiger partial charge in [-0.3, -0.25) is 9.52 Å². The number of nitrogens with zero attached hydrogens (tertiary/aromatic N) is 2. The summed E-state index contributed by atoms with van der Waals surface area (Å²) >= 11 is 0. The van der Waals surface area contributed by atoms with Crippen LogP contribution in [0, 0.1) is 6.92 Å². The average Bonchev–Trinajstić information content (AvgIpc) is 3.31. The Morgan fingerprint density at radius 3 is 2.54 bits per heavy atom. The van der Waals surface area contributed by atoms with Crippen molar-refractivity contribution in [3.63, 3.8) is 0 Å². The SMILES string of the molecule is Cc1ccc(S(=O)(=O)Nc2cc(C(=O)NC3CC3)ccc2-n2ccnc2)cc1. The topological polar surface area (TPSA) is 93.1 Å². The summed E-state index contributed by atoms with van der Waals surface area (Å²) in [6.45, 7) is 1.89. The van der Waals surface area contributed by atoms with E-state index in [1.165, 1.54) is 0 Å². The normalized spacial score (nSPS) is 13.9. The van der Waals surface area contributed by atoms with E-state index in [0.717, 1.165) is 18.4 Å². The Labute approximate surface area is 163 Å². The second kappa shape index (κ2) is 7.12. The highest BCUT2D eigenvalue weighted by Crippen LogP contribution is 2.26. The Kier molecular flexibility index (Phi) is 4.64. The molecule has 1 aliphatic carbocycles. The summed E-state index contributed by atoms with van der Waals surface area (Å²) in [6, 6.07) is 11.7. The molecule has 1 aromatic heterocycles. The zero-order chi connectivity index (χ0) is 19.7. The number of nitrogens with one attached hydrogen (secondary N) is 2. The van der Waals surface area contributed by atoms with Crippen molar-refractivity contribution in [3.05, 3.63) is 72.3 Å². The van der Waals surface area contributed by atoms with Crippen molar-refractivity contribution in [3.8, 4) is 5.69 Å². The van der Waals surface area contributed by atoms with Gasteiger partial charge < -0.3 is 9.88 Å². The molecule has 0 spiro atoms. The van der Waals surface area contributed by atoms with E-state index in [2.05, 4.69) is 15.0 Å². The molecule has 8 heteroatoms. The smallest absolute Gasteiger partial charge is 0.261 e. The van der Waals surface area contributed by atoms with Crippen LogP contribution in [0.25, 0.3) is 5.69 Å². The van der Waals surface area contributed by atoms with Gasteiger partial charge in [-0.15, -0.1) is 0 Å². The van der Waals surface area contributed by atoms with Gasteiger partial charge >= 0.3 is 0 Å². The summed E-state index contributed by atoms with van der Waals surface area (Å²) < 4.78 is 30.0. The van der Waals surface area contributed by atoms with Gasteiger partial charge in [0.05, 0.1) is 22.6 Å². The number of sulfonamides is 1. The van der Waals surface area contributed by atoms with Crippen molar-refractivity contribution < 1.29 is 13.2 Å². The van der Waals surface area contributed by atoms with Crippen molar-refractivity contribution in [2.75, 3.05) is 4.72 Å². The van der Waals surface area contributed by atoms with Gasteiger partial charge in [0.25, 0.3) is 15.9 Å². The van der Waals surface area contributed by atoms with Crippen molar-refractivity contribution >= 4 is 21.6 Å². The predicted molar refractivity (Wildman–Crippen MR) is 106 cm³/mol. The third-order valence-corrected chi connectivity index (χ3v) is 5.91.